The minimum atomic E-state index is -0.397. The first-order chi connectivity index (χ1) is 13.5. The highest BCUT2D eigenvalue weighted by Gasteiger charge is 2.32. The molecular weight excluding hydrogens is 399 g/mol. The van der Waals surface area contributed by atoms with Gasteiger partial charge in [-0.15, -0.1) is 10.2 Å². The summed E-state index contributed by atoms with van der Waals surface area (Å²) in [5, 5.41) is 12.2. The lowest BCUT2D eigenvalue weighted by Gasteiger charge is -2.13. The molecule has 0 bridgehead atoms. The smallest absolute Gasteiger partial charge is 0.237 e. The molecule has 0 aliphatic heterocycles. The van der Waals surface area contributed by atoms with E-state index in [1.165, 1.54) is 17.8 Å². The number of rotatable bonds is 6. The summed E-state index contributed by atoms with van der Waals surface area (Å²) in [7, 11) is 0. The fourth-order valence-electron chi connectivity index (χ4n) is 2.83. The number of hydrogen-bond acceptors (Lipinski definition) is 4. The number of anilines is 1. The monoisotopic (exact) mass is 416 g/mol. The van der Waals surface area contributed by atoms with Crippen molar-refractivity contribution in [3.05, 3.63) is 59.4 Å². The maximum absolute atomic E-state index is 14.2. The summed E-state index contributed by atoms with van der Waals surface area (Å²) in [5.74, 6) is 0.0281. The fourth-order valence-corrected chi connectivity index (χ4v) is 3.88. The van der Waals surface area contributed by atoms with Gasteiger partial charge in [-0.1, -0.05) is 35.5 Å². The molecule has 1 heterocycles. The highest BCUT2D eigenvalue weighted by molar-refractivity contribution is 8.00. The molecule has 1 aliphatic carbocycles. The molecule has 0 spiro atoms. The Morgan fingerprint density at radius 1 is 1.21 bits per heavy atom. The van der Waals surface area contributed by atoms with Crippen molar-refractivity contribution in [3.63, 3.8) is 0 Å². The number of hydrogen-bond donors (Lipinski definition) is 1. The van der Waals surface area contributed by atoms with Gasteiger partial charge in [-0.3, -0.25) is 9.36 Å². The Morgan fingerprint density at radius 3 is 2.61 bits per heavy atom. The lowest BCUT2D eigenvalue weighted by Crippen LogP contribution is -2.22. The molecule has 0 saturated heterocycles. The van der Waals surface area contributed by atoms with Gasteiger partial charge in [-0.25, -0.2) is 4.39 Å². The van der Waals surface area contributed by atoms with Crippen molar-refractivity contribution < 1.29 is 9.18 Å². The summed E-state index contributed by atoms with van der Waals surface area (Å²) in [5.41, 5.74) is 1.10. The molecule has 0 radical (unpaired) electrons. The van der Waals surface area contributed by atoms with E-state index in [1.54, 1.807) is 42.5 Å². The summed E-state index contributed by atoms with van der Waals surface area (Å²) in [6, 6.07) is 13.7. The van der Waals surface area contributed by atoms with Gasteiger partial charge in [0, 0.05) is 16.8 Å². The quantitative estimate of drug-likeness (QED) is 0.561. The molecule has 1 aromatic heterocycles. The van der Waals surface area contributed by atoms with Crippen LogP contribution < -0.4 is 5.32 Å². The van der Waals surface area contributed by atoms with Crippen LogP contribution in [0.4, 0.5) is 10.1 Å². The number of thioether (sulfide) groups is 1. The van der Waals surface area contributed by atoms with Crippen molar-refractivity contribution in [3.8, 4) is 11.4 Å². The largest absolute Gasteiger partial charge is 0.325 e. The molecule has 144 valence electrons. The minimum absolute atomic E-state index is 0.148. The molecule has 1 atom stereocenters. The van der Waals surface area contributed by atoms with Crippen LogP contribution in [0.1, 0.15) is 25.8 Å². The summed E-state index contributed by atoms with van der Waals surface area (Å²) < 4.78 is 16.2. The van der Waals surface area contributed by atoms with E-state index in [-0.39, 0.29) is 17.8 Å². The van der Waals surface area contributed by atoms with Crippen LogP contribution in [0.5, 0.6) is 0 Å². The van der Waals surface area contributed by atoms with E-state index in [9.17, 15) is 9.18 Å². The molecule has 8 heteroatoms. The molecule has 5 nitrogen and oxygen atoms in total. The van der Waals surface area contributed by atoms with Gasteiger partial charge in [0.25, 0.3) is 0 Å². The molecule has 1 N–H and O–H groups in total. The molecule has 1 aliphatic rings. The van der Waals surface area contributed by atoms with E-state index in [1.807, 2.05) is 11.5 Å². The van der Waals surface area contributed by atoms with Crippen molar-refractivity contribution in [2.45, 2.75) is 36.2 Å². The molecule has 4 rings (SSSR count). The number of nitrogens with one attached hydrogen (secondary N) is 1. The normalized spacial score (nSPS) is 14.7. The van der Waals surface area contributed by atoms with Gasteiger partial charge in [-0.05, 0) is 56.2 Å². The molecule has 1 saturated carbocycles. The number of benzene rings is 2. The maximum Gasteiger partial charge on any atom is 0.237 e. The van der Waals surface area contributed by atoms with Gasteiger partial charge >= 0.3 is 0 Å². The molecule has 0 unspecified atom stereocenters. The van der Waals surface area contributed by atoms with E-state index in [0.29, 0.717) is 27.3 Å². The predicted molar refractivity (Wildman–Crippen MR) is 109 cm³/mol. The predicted octanol–water partition coefficient (Wildman–Crippen LogP) is 5.19. The molecule has 3 aromatic rings. The topological polar surface area (TPSA) is 59.8 Å². The number of aromatic nitrogens is 3. The third-order valence-electron chi connectivity index (χ3n) is 4.45. The molecule has 28 heavy (non-hydrogen) atoms. The van der Waals surface area contributed by atoms with Crippen molar-refractivity contribution in [1.29, 1.82) is 0 Å². The lowest BCUT2D eigenvalue weighted by atomic mass is 10.2. The first-order valence-electron chi connectivity index (χ1n) is 8.96. The Balaban J connectivity index is 1.54. The van der Waals surface area contributed by atoms with Crippen molar-refractivity contribution in [1.82, 2.24) is 14.8 Å². The second-order valence-electron chi connectivity index (χ2n) is 6.64. The SMILES string of the molecule is C[C@@H](Sc1nnc(-c2ccccc2F)n1C1CC1)C(=O)Nc1ccc(Cl)cc1. The molecular formula is C20H18ClFN4OS. The van der Waals surface area contributed by atoms with Crippen LogP contribution in [-0.2, 0) is 4.79 Å². The van der Waals surface area contributed by atoms with Gasteiger partial charge in [-0.2, -0.15) is 0 Å². The third-order valence-corrected chi connectivity index (χ3v) is 5.76. The summed E-state index contributed by atoms with van der Waals surface area (Å²) >= 11 is 7.19. The number of carbonyl (C=O) groups is 1. The van der Waals surface area contributed by atoms with Crippen LogP contribution in [0.15, 0.2) is 53.7 Å². The zero-order valence-electron chi connectivity index (χ0n) is 15.1. The Labute approximate surface area is 171 Å². The third kappa shape index (κ3) is 4.05. The zero-order chi connectivity index (χ0) is 19.7. The van der Waals surface area contributed by atoms with Gasteiger partial charge in [0.2, 0.25) is 5.91 Å². The number of nitrogens with zero attached hydrogens (tertiary/aromatic N) is 3. The van der Waals surface area contributed by atoms with Gasteiger partial charge in [0.15, 0.2) is 11.0 Å². The first-order valence-corrected chi connectivity index (χ1v) is 10.2. The van der Waals surface area contributed by atoms with Crippen LogP contribution in [0, 0.1) is 5.82 Å². The van der Waals surface area contributed by atoms with Crippen molar-refractivity contribution in [2.24, 2.45) is 0 Å². The van der Waals surface area contributed by atoms with E-state index in [2.05, 4.69) is 15.5 Å². The second-order valence-corrected chi connectivity index (χ2v) is 8.39. The Kier molecular flexibility index (Phi) is 5.37. The van der Waals surface area contributed by atoms with Crippen LogP contribution in [0.2, 0.25) is 5.02 Å². The van der Waals surface area contributed by atoms with Crippen LogP contribution in [0.25, 0.3) is 11.4 Å². The summed E-state index contributed by atoms with van der Waals surface area (Å²) in [6.07, 6.45) is 2.00. The second kappa shape index (κ2) is 7.93. The van der Waals surface area contributed by atoms with E-state index in [4.69, 9.17) is 11.6 Å². The zero-order valence-corrected chi connectivity index (χ0v) is 16.7. The number of carbonyl (C=O) groups excluding carboxylic acids is 1. The Morgan fingerprint density at radius 2 is 1.93 bits per heavy atom. The van der Waals surface area contributed by atoms with E-state index in [0.717, 1.165) is 12.8 Å². The highest BCUT2D eigenvalue weighted by atomic mass is 35.5. The lowest BCUT2D eigenvalue weighted by molar-refractivity contribution is -0.115. The molecule has 2 aromatic carbocycles. The van der Waals surface area contributed by atoms with Crippen molar-refractivity contribution >= 4 is 35.0 Å². The van der Waals surface area contributed by atoms with E-state index >= 15 is 0 Å². The molecule has 1 amide bonds. The molecule has 1 fully saturated rings. The first kappa shape index (κ1) is 19.0. The summed E-state index contributed by atoms with van der Waals surface area (Å²) in [4.78, 5) is 12.5. The number of halogens is 2. The number of amides is 1. The minimum Gasteiger partial charge on any atom is -0.325 e. The maximum atomic E-state index is 14.2. The summed E-state index contributed by atoms with van der Waals surface area (Å²) in [6.45, 7) is 1.81. The van der Waals surface area contributed by atoms with Gasteiger partial charge in [0.1, 0.15) is 5.82 Å². The van der Waals surface area contributed by atoms with Crippen LogP contribution in [0.3, 0.4) is 0 Å². The average Bonchev–Trinajstić information content (AvgIpc) is 3.44. The van der Waals surface area contributed by atoms with Crippen molar-refractivity contribution in [2.75, 3.05) is 5.32 Å². The standard InChI is InChI=1S/C20H18ClFN4OS/c1-12(19(27)23-14-8-6-13(21)7-9-14)28-20-25-24-18(26(20)15-10-11-15)16-4-2-3-5-17(16)22/h2-9,12,15H,10-11H2,1H3,(H,23,27)/t12-/m1/s1. The van der Waals surface area contributed by atoms with Gasteiger partial charge < -0.3 is 5.32 Å². The van der Waals surface area contributed by atoms with Crippen LogP contribution in [-0.4, -0.2) is 25.9 Å². The van der Waals surface area contributed by atoms with Gasteiger partial charge in [0.05, 0.1) is 10.8 Å². The average molecular weight is 417 g/mol. The Hall–Kier alpha value is -2.38. The van der Waals surface area contributed by atoms with E-state index < -0.39 is 5.25 Å². The Bertz CT molecular complexity index is 1000. The fraction of sp³-hybridized carbons (Fsp3) is 0.250. The highest BCUT2D eigenvalue weighted by Crippen LogP contribution is 2.42. The van der Waals surface area contributed by atoms with Crippen LogP contribution >= 0.6 is 23.4 Å².